The van der Waals surface area contributed by atoms with Crippen molar-refractivity contribution in [3.8, 4) is 0 Å². The number of carbonyl (C=O) groups is 2. The maximum atomic E-state index is 12.5. The topological polar surface area (TPSA) is 61.4 Å². The fourth-order valence-electron chi connectivity index (χ4n) is 3.88. The van der Waals surface area contributed by atoms with E-state index in [1.54, 1.807) is 0 Å². The predicted molar refractivity (Wildman–Crippen MR) is 71.5 cm³/mol. The van der Waals surface area contributed by atoms with E-state index in [9.17, 15) is 9.59 Å². The molecule has 2 amide bonds. The van der Waals surface area contributed by atoms with E-state index < -0.39 is 0 Å². The molecular formula is C14H23N3O2. The highest BCUT2D eigenvalue weighted by Gasteiger charge is 2.39. The van der Waals surface area contributed by atoms with Crippen LogP contribution >= 0.6 is 0 Å². The number of carbonyl (C=O) groups excluding carboxylic acids is 2. The Balaban J connectivity index is 1.66. The van der Waals surface area contributed by atoms with Gasteiger partial charge in [-0.25, -0.2) is 0 Å². The lowest BCUT2D eigenvalue weighted by molar-refractivity contribution is -0.137. The maximum absolute atomic E-state index is 12.5. The first-order valence-electron chi connectivity index (χ1n) is 7.53. The van der Waals surface area contributed by atoms with Gasteiger partial charge in [0, 0.05) is 31.1 Å². The lowest BCUT2D eigenvalue weighted by Gasteiger charge is -2.38. The van der Waals surface area contributed by atoms with Crippen LogP contribution in [-0.4, -0.2) is 47.4 Å². The summed E-state index contributed by atoms with van der Waals surface area (Å²) in [6, 6.07) is 1.25. The average Bonchev–Trinajstić information content (AvgIpc) is 2.97. The molecule has 0 aromatic carbocycles. The van der Waals surface area contributed by atoms with Gasteiger partial charge in [0.2, 0.25) is 11.8 Å². The molecule has 0 aromatic rings. The average molecular weight is 265 g/mol. The van der Waals surface area contributed by atoms with Gasteiger partial charge in [-0.2, -0.15) is 0 Å². The van der Waals surface area contributed by atoms with Crippen LogP contribution in [0.5, 0.6) is 0 Å². The van der Waals surface area contributed by atoms with Crippen LogP contribution in [0.4, 0.5) is 0 Å². The first-order chi connectivity index (χ1) is 9.17. The summed E-state index contributed by atoms with van der Waals surface area (Å²) in [5.74, 6) is 0.138. The van der Waals surface area contributed by atoms with Gasteiger partial charge >= 0.3 is 0 Å². The molecule has 3 aliphatic rings. The fraction of sp³-hybridized carbons (Fsp3) is 0.857. The highest BCUT2D eigenvalue weighted by atomic mass is 16.2. The van der Waals surface area contributed by atoms with Crippen molar-refractivity contribution in [3.05, 3.63) is 0 Å². The minimum atomic E-state index is -0.278. The molecule has 0 saturated carbocycles. The van der Waals surface area contributed by atoms with E-state index in [-0.39, 0.29) is 17.9 Å². The van der Waals surface area contributed by atoms with Gasteiger partial charge in [0.1, 0.15) is 6.04 Å². The molecule has 2 N–H and O–H groups in total. The number of nitrogens with zero attached hydrogens (tertiary/aromatic N) is 1. The first-order valence-corrected chi connectivity index (χ1v) is 7.53. The summed E-state index contributed by atoms with van der Waals surface area (Å²) in [5.41, 5.74) is 0. The lowest BCUT2D eigenvalue weighted by Crippen LogP contribution is -2.54. The van der Waals surface area contributed by atoms with Crippen LogP contribution in [0.1, 0.15) is 45.4 Å². The van der Waals surface area contributed by atoms with Gasteiger partial charge in [-0.1, -0.05) is 0 Å². The molecule has 0 spiro atoms. The van der Waals surface area contributed by atoms with Gasteiger partial charge < -0.3 is 15.5 Å². The number of piperidine rings is 1. The Morgan fingerprint density at radius 2 is 1.95 bits per heavy atom. The van der Waals surface area contributed by atoms with Gasteiger partial charge in [0.15, 0.2) is 0 Å². The third-order valence-corrected chi connectivity index (χ3v) is 4.81. The van der Waals surface area contributed by atoms with Crippen molar-refractivity contribution in [3.63, 3.8) is 0 Å². The zero-order valence-electron chi connectivity index (χ0n) is 11.5. The predicted octanol–water partition coefficient (Wildman–Crippen LogP) is 0.397. The van der Waals surface area contributed by atoms with Gasteiger partial charge in [-0.15, -0.1) is 0 Å². The molecule has 0 radical (unpaired) electrons. The Hall–Kier alpha value is -1.10. The zero-order chi connectivity index (χ0) is 13.4. The van der Waals surface area contributed by atoms with Crippen LogP contribution < -0.4 is 10.6 Å². The molecule has 2 unspecified atom stereocenters. The molecule has 3 fully saturated rings. The van der Waals surface area contributed by atoms with Gasteiger partial charge in [0.05, 0.1) is 0 Å². The second-order valence-electron chi connectivity index (χ2n) is 6.05. The Bertz CT molecular complexity index is 373. The van der Waals surface area contributed by atoms with Crippen molar-refractivity contribution >= 4 is 11.8 Å². The van der Waals surface area contributed by atoms with Crippen molar-refractivity contribution in [2.75, 3.05) is 6.54 Å². The summed E-state index contributed by atoms with van der Waals surface area (Å²) < 4.78 is 0. The highest BCUT2D eigenvalue weighted by Crippen LogP contribution is 2.30. The van der Waals surface area contributed by atoms with Crippen molar-refractivity contribution in [2.24, 2.45) is 0 Å². The normalized spacial score (nSPS) is 37.2. The summed E-state index contributed by atoms with van der Waals surface area (Å²) in [6.45, 7) is 2.79. The second-order valence-corrected chi connectivity index (χ2v) is 6.05. The van der Waals surface area contributed by atoms with E-state index in [2.05, 4.69) is 10.6 Å². The van der Waals surface area contributed by atoms with E-state index >= 15 is 0 Å². The molecule has 3 aliphatic heterocycles. The first kappa shape index (κ1) is 12.9. The standard InChI is InChI=1S/C14H23N3O2/c1-2-17(14(19)12-5-6-13(18)16-12)11-7-9-3-4-10(8-11)15-9/h9-12,15H,2-8H2,1H3,(H,16,18)/t9?,10?,11?,12-/m0/s1. The molecule has 0 aliphatic carbocycles. The van der Waals surface area contributed by atoms with Gasteiger partial charge in [0.25, 0.3) is 0 Å². The summed E-state index contributed by atoms with van der Waals surface area (Å²) in [5, 5.41) is 6.41. The molecule has 0 aromatic heterocycles. The molecule has 3 heterocycles. The summed E-state index contributed by atoms with van der Waals surface area (Å²) in [4.78, 5) is 25.8. The van der Waals surface area contributed by atoms with Gasteiger partial charge in [-0.3, -0.25) is 9.59 Å². The number of hydrogen-bond donors (Lipinski definition) is 2. The number of nitrogens with one attached hydrogen (secondary N) is 2. The van der Waals surface area contributed by atoms with E-state index in [1.165, 1.54) is 12.8 Å². The zero-order valence-corrected chi connectivity index (χ0v) is 11.5. The molecule has 3 rings (SSSR count). The van der Waals surface area contributed by atoms with Crippen LogP contribution in [0.25, 0.3) is 0 Å². The Labute approximate surface area is 114 Å². The van der Waals surface area contributed by atoms with E-state index in [1.807, 2.05) is 11.8 Å². The van der Waals surface area contributed by atoms with E-state index in [4.69, 9.17) is 0 Å². The fourth-order valence-corrected chi connectivity index (χ4v) is 3.88. The van der Waals surface area contributed by atoms with Crippen LogP contribution in [0.15, 0.2) is 0 Å². The molecule has 3 saturated heterocycles. The van der Waals surface area contributed by atoms with Gasteiger partial charge in [-0.05, 0) is 39.0 Å². The minimum Gasteiger partial charge on any atom is -0.344 e. The molecule has 2 bridgehead atoms. The van der Waals surface area contributed by atoms with Crippen molar-refractivity contribution < 1.29 is 9.59 Å². The Kier molecular flexibility index (Phi) is 3.48. The molecule has 3 atom stereocenters. The van der Waals surface area contributed by atoms with Crippen molar-refractivity contribution in [1.82, 2.24) is 15.5 Å². The molecule has 19 heavy (non-hydrogen) atoms. The van der Waals surface area contributed by atoms with Crippen molar-refractivity contribution in [1.29, 1.82) is 0 Å². The molecular weight excluding hydrogens is 242 g/mol. The number of hydrogen-bond acceptors (Lipinski definition) is 3. The number of fused-ring (bicyclic) bond motifs is 2. The second kappa shape index (κ2) is 5.12. The highest BCUT2D eigenvalue weighted by molar-refractivity contribution is 5.91. The van der Waals surface area contributed by atoms with Crippen LogP contribution in [-0.2, 0) is 9.59 Å². The monoisotopic (exact) mass is 265 g/mol. The SMILES string of the molecule is CCN(C(=O)[C@@H]1CCC(=O)N1)C1CC2CCC(C1)N2. The van der Waals surface area contributed by atoms with Crippen LogP contribution in [0.3, 0.4) is 0 Å². The number of likely N-dealkylation sites (N-methyl/N-ethyl adjacent to an activating group) is 1. The third kappa shape index (κ3) is 2.48. The number of rotatable bonds is 3. The summed E-state index contributed by atoms with van der Waals surface area (Å²) in [7, 11) is 0. The van der Waals surface area contributed by atoms with Crippen LogP contribution in [0, 0.1) is 0 Å². The number of amides is 2. The third-order valence-electron chi connectivity index (χ3n) is 4.81. The summed E-state index contributed by atoms with van der Waals surface area (Å²) >= 11 is 0. The Morgan fingerprint density at radius 1 is 1.26 bits per heavy atom. The molecule has 5 heteroatoms. The van der Waals surface area contributed by atoms with E-state index in [0.29, 0.717) is 31.0 Å². The summed E-state index contributed by atoms with van der Waals surface area (Å²) in [6.07, 6.45) is 5.77. The smallest absolute Gasteiger partial charge is 0.245 e. The van der Waals surface area contributed by atoms with Crippen molar-refractivity contribution in [2.45, 2.75) is 69.6 Å². The minimum absolute atomic E-state index is 0.0137. The lowest BCUT2D eigenvalue weighted by atomic mass is 9.97. The van der Waals surface area contributed by atoms with E-state index in [0.717, 1.165) is 19.4 Å². The molecule has 5 nitrogen and oxygen atoms in total. The Morgan fingerprint density at radius 3 is 2.47 bits per heavy atom. The quantitative estimate of drug-likeness (QED) is 0.776. The van der Waals surface area contributed by atoms with Crippen LogP contribution in [0.2, 0.25) is 0 Å². The maximum Gasteiger partial charge on any atom is 0.245 e. The molecule has 106 valence electrons. The largest absolute Gasteiger partial charge is 0.344 e.